The van der Waals surface area contributed by atoms with Gasteiger partial charge in [-0.2, -0.15) is 0 Å². The van der Waals surface area contributed by atoms with E-state index in [1.165, 1.54) is 0 Å². The molecule has 14 heavy (non-hydrogen) atoms. The summed E-state index contributed by atoms with van der Waals surface area (Å²) in [5.41, 5.74) is 4.28. The van der Waals surface area contributed by atoms with E-state index in [2.05, 4.69) is 0 Å². The molecule has 0 spiro atoms. The van der Waals surface area contributed by atoms with Crippen LogP contribution in [-0.4, -0.2) is 6.54 Å². The molecule has 1 rings (SSSR count). The van der Waals surface area contributed by atoms with Crippen molar-refractivity contribution >= 4 is 0 Å². The SMILES string of the molecule is CC(C)(C)C(F)(CN)c1ccccc1. The molecule has 1 aromatic rings. The van der Waals surface area contributed by atoms with Gasteiger partial charge in [-0.25, -0.2) is 4.39 Å². The molecule has 0 aliphatic carbocycles. The van der Waals surface area contributed by atoms with Crippen molar-refractivity contribution in [1.82, 2.24) is 0 Å². The van der Waals surface area contributed by atoms with Crippen molar-refractivity contribution in [1.29, 1.82) is 0 Å². The third-order valence-electron chi connectivity index (χ3n) is 2.70. The summed E-state index contributed by atoms with van der Waals surface area (Å²) in [5.74, 6) is 0. The quantitative estimate of drug-likeness (QED) is 0.771. The summed E-state index contributed by atoms with van der Waals surface area (Å²) >= 11 is 0. The van der Waals surface area contributed by atoms with Crippen molar-refractivity contribution in [2.75, 3.05) is 6.54 Å². The van der Waals surface area contributed by atoms with Crippen LogP contribution in [0, 0.1) is 5.41 Å². The summed E-state index contributed by atoms with van der Waals surface area (Å²) in [6, 6.07) is 9.13. The molecule has 0 aliphatic rings. The van der Waals surface area contributed by atoms with Crippen LogP contribution < -0.4 is 5.73 Å². The van der Waals surface area contributed by atoms with Crippen LogP contribution in [0.4, 0.5) is 4.39 Å². The molecule has 0 fully saturated rings. The van der Waals surface area contributed by atoms with E-state index in [4.69, 9.17) is 5.73 Å². The lowest BCUT2D eigenvalue weighted by molar-refractivity contribution is 0.0343. The van der Waals surface area contributed by atoms with Crippen molar-refractivity contribution in [2.45, 2.75) is 26.4 Å². The van der Waals surface area contributed by atoms with Crippen molar-refractivity contribution in [3.63, 3.8) is 0 Å². The van der Waals surface area contributed by atoms with Gasteiger partial charge in [0.2, 0.25) is 0 Å². The number of benzene rings is 1. The molecule has 1 unspecified atom stereocenters. The zero-order valence-corrected chi connectivity index (χ0v) is 9.05. The topological polar surface area (TPSA) is 26.0 Å². The molecule has 2 heteroatoms. The minimum atomic E-state index is -1.45. The van der Waals surface area contributed by atoms with Crippen LogP contribution in [-0.2, 0) is 5.67 Å². The minimum absolute atomic E-state index is 0.0144. The lowest BCUT2D eigenvalue weighted by Gasteiger charge is -2.37. The molecular weight excluding hydrogens is 177 g/mol. The standard InChI is InChI=1S/C12H18FN/c1-11(2,3)12(13,9-14)10-7-5-4-6-8-10/h4-8H,9,14H2,1-3H3. The predicted molar refractivity (Wildman–Crippen MR) is 57.7 cm³/mol. The highest BCUT2D eigenvalue weighted by Crippen LogP contribution is 2.41. The molecule has 1 aromatic carbocycles. The number of hydrogen-bond acceptors (Lipinski definition) is 1. The van der Waals surface area contributed by atoms with Gasteiger partial charge in [-0.05, 0) is 5.56 Å². The largest absolute Gasteiger partial charge is 0.327 e. The molecule has 0 radical (unpaired) electrons. The van der Waals surface area contributed by atoms with Crippen LogP contribution in [0.15, 0.2) is 30.3 Å². The van der Waals surface area contributed by atoms with Crippen LogP contribution in [0.5, 0.6) is 0 Å². The van der Waals surface area contributed by atoms with E-state index in [1.807, 2.05) is 39.0 Å². The Kier molecular flexibility index (Phi) is 2.95. The van der Waals surface area contributed by atoms with Crippen LogP contribution >= 0.6 is 0 Å². The highest BCUT2D eigenvalue weighted by atomic mass is 19.1. The Morgan fingerprint density at radius 2 is 1.64 bits per heavy atom. The van der Waals surface area contributed by atoms with Gasteiger partial charge in [0.1, 0.15) is 0 Å². The number of alkyl halides is 1. The zero-order valence-electron chi connectivity index (χ0n) is 9.05. The molecule has 2 N–H and O–H groups in total. The van der Waals surface area contributed by atoms with Gasteiger partial charge in [0.05, 0.1) is 0 Å². The van der Waals surface area contributed by atoms with Gasteiger partial charge in [-0.3, -0.25) is 0 Å². The Morgan fingerprint density at radius 3 is 2.00 bits per heavy atom. The van der Waals surface area contributed by atoms with E-state index in [0.29, 0.717) is 5.56 Å². The Balaban J connectivity index is 3.15. The fraction of sp³-hybridized carbons (Fsp3) is 0.500. The van der Waals surface area contributed by atoms with Gasteiger partial charge in [0.25, 0.3) is 0 Å². The maximum atomic E-state index is 14.6. The van der Waals surface area contributed by atoms with Crippen LogP contribution in [0.2, 0.25) is 0 Å². The first-order valence-corrected chi connectivity index (χ1v) is 4.86. The summed E-state index contributed by atoms with van der Waals surface area (Å²) < 4.78 is 14.6. The van der Waals surface area contributed by atoms with E-state index in [-0.39, 0.29) is 6.54 Å². The average molecular weight is 195 g/mol. The maximum Gasteiger partial charge on any atom is 0.152 e. The normalized spacial score (nSPS) is 16.4. The number of nitrogens with two attached hydrogens (primary N) is 1. The Bertz CT molecular complexity index is 289. The molecule has 0 heterocycles. The van der Waals surface area contributed by atoms with Gasteiger partial charge in [-0.15, -0.1) is 0 Å². The number of halogens is 1. The fourth-order valence-corrected chi connectivity index (χ4v) is 1.56. The van der Waals surface area contributed by atoms with Crippen LogP contribution in [0.1, 0.15) is 26.3 Å². The van der Waals surface area contributed by atoms with Crippen molar-refractivity contribution in [3.8, 4) is 0 Å². The second-order valence-electron chi connectivity index (χ2n) is 4.62. The third kappa shape index (κ3) is 1.80. The van der Waals surface area contributed by atoms with E-state index in [1.54, 1.807) is 12.1 Å². The Labute approximate surface area is 85.1 Å². The summed E-state index contributed by atoms with van der Waals surface area (Å²) in [6.45, 7) is 5.62. The lowest BCUT2D eigenvalue weighted by Crippen LogP contribution is -2.42. The summed E-state index contributed by atoms with van der Waals surface area (Å²) in [5, 5.41) is 0. The molecule has 1 atom stereocenters. The van der Waals surface area contributed by atoms with Gasteiger partial charge < -0.3 is 5.73 Å². The number of rotatable bonds is 2. The van der Waals surface area contributed by atoms with Gasteiger partial charge in [0, 0.05) is 12.0 Å². The second-order valence-corrected chi connectivity index (χ2v) is 4.62. The maximum absolute atomic E-state index is 14.6. The first-order chi connectivity index (χ1) is 6.42. The molecular formula is C12H18FN. The smallest absolute Gasteiger partial charge is 0.152 e. The average Bonchev–Trinajstić information content (AvgIpc) is 2.16. The summed E-state index contributed by atoms with van der Waals surface area (Å²) in [4.78, 5) is 0. The highest BCUT2D eigenvalue weighted by Gasteiger charge is 2.42. The molecule has 78 valence electrons. The van der Waals surface area contributed by atoms with Crippen LogP contribution in [0.25, 0.3) is 0 Å². The van der Waals surface area contributed by atoms with Gasteiger partial charge in [0.15, 0.2) is 5.67 Å². The minimum Gasteiger partial charge on any atom is -0.327 e. The highest BCUT2D eigenvalue weighted by molar-refractivity contribution is 5.25. The van der Waals surface area contributed by atoms with E-state index in [0.717, 1.165) is 0 Å². The lowest BCUT2D eigenvalue weighted by atomic mass is 9.74. The van der Waals surface area contributed by atoms with Gasteiger partial charge >= 0.3 is 0 Å². The molecule has 0 amide bonds. The zero-order chi connectivity index (χ0) is 10.8. The van der Waals surface area contributed by atoms with E-state index >= 15 is 0 Å². The van der Waals surface area contributed by atoms with Crippen molar-refractivity contribution in [3.05, 3.63) is 35.9 Å². The summed E-state index contributed by atoms with van der Waals surface area (Å²) in [6.07, 6.45) is 0. The fourth-order valence-electron chi connectivity index (χ4n) is 1.56. The molecule has 0 saturated heterocycles. The predicted octanol–water partition coefficient (Wildman–Crippen LogP) is 2.86. The van der Waals surface area contributed by atoms with E-state index in [9.17, 15) is 4.39 Å². The van der Waals surface area contributed by atoms with E-state index < -0.39 is 11.1 Å². The van der Waals surface area contributed by atoms with Gasteiger partial charge in [-0.1, -0.05) is 51.1 Å². The molecule has 0 aliphatic heterocycles. The first-order valence-electron chi connectivity index (χ1n) is 4.86. The second kappa shape index (κ2) is 3.70. The molecule has 0 aromatic heterocycles. The summed E-state index contributed by atoms with van der Waals surface area (Å²) in [7, 11) is 0. The Morgan fingerprint density at radius 1 is 1.14 bits per heavy atom. The Hall–Kier alpha value is -0.890. The molecule has 1 nitrogen and oxygen atoms in total. The van der Waals surface area contributed by atoms with Crippen LogP contribution in [0.3, 0.4) is 0 Å². The number of hydrogen-bond donors (Lipinski definition) is 1. The third-order valence-corrected chi connectivity index (χ3v) is 2.70. The molecule has 0 bridgehead atoms. The van der Waals surface area contributed by atoms with Crippen molar-refractivity contribution < 1.29 is 4.39 Å². The first kappa shape index (κ1) is 11.2. The monoisotopic (exact) mass is 195 g/mol. The van der Waals surface area contributed by atoms with Crippen molar-refractivity contribution in [2.24, 2.45) is 11.1 Å². The molecule has 0 saturated carbocycles.